The van der Waals surface area contributed by atoms with E-state index < -0.39 is 0 Å². The summed E-state index contributed by atoms with van der Waals surface area (Å²) in [6, 6.07) is 6.01. The Kier molecular flexibility index (Phi) is 3.14. The van der Waals surface area contributed by atoms with Crippen molar-refractivity contribution in [2.24, 2.45) is 5.73 Å². The molecule has 11 heavy (non-hydrogen) atoms. The Morgan fingerprint density at radius 1 is 1.27 bits per heavy atom. The Bertz CT molecular complexity index is 228. The molecule has 0 bridgehead atoms. The molecule has 0 amide bonds. The molecule has 3 heteroatoms. The van der Waals surface area contributed by atoms with Crippen LogP contribution in [0.25, 0.3) is 0 Å². The predicted molar refractivity (Wildman–Crippen MR) is 56.3 cm³/mol. The van der Waals surface area contributed by atoms with Gasteiger partial charge in [-0.3, -0.25) is 0 Å². The lowest BCUT2D eigenvalue weighted by Crippen LogP contribution is -2.03. The lowest BCUT2D eigenvalue weighted by molar-refractivity contribution is 0.968. The minimum absolute atomic E-state index is 0.680. The second kappa shape index (κ2) is 3.92. The van der Waals surface area contributed by atoms with Crippen molar-refractivity contribution in [3.63, 3.8) is 0 Å². The Morgan fingerprint density at radius 2 is 2.00 bits per heavy atom. The van der Waals surface area contributed by atoms with E-state index in [2.05, 4.69) is 28.7 Å². The van der Waals surface area contributed by atoms with Crippen molar-refractivity contribution in [1.82, 2.24) is 0 Å². The van der Waals surface area contributed by atoms with Gasteiger partial charge in [-0.25, -0.2) is 0 Å². The molecule has 1 aromatic carbocycles. The number of hydrogen-bond donors (Lipinski definition) is 2. The lowest BCUT2D eigenvalue weighted by atomic mass is 10.1. The van der Waals surface area contributed by atoms with Crippen molar-refractivity contribution in [2.75, 3.05) is 12.3 Å². The smallest absolute Gasteiger partial charge is 0.0327 e. The number of nitrogens with two attached hydrogens (primary N) is 2. The molecule has 0 radical (unpaired) electrons. The van der Waals surface area contributed by atoms with Crippen molar-refractivity contribution in [1.29, 1.82) is 0 Å². The molecule has 0 aliphatic heterocycles. The van der Waals surface area contributed by atoms with Crippen LogP contribution in [0.3, 0.4) is 0 Å². The Balaban J connectivity index is 2.89. The van der Waals surface area contributed by atoms with E-state index >= 15 is 0 Å². The third kappa shape index (κ3) is 2.67. The van der Waals surface area contributed by atoms with Crippen LogP contribution in [-0.4, -0.2) is 6.54 Å². The summed E-state index contributed by atoms with van der Waals surface area (Å²) < 4.78 is 1.17. The lowest BCUT2D eigenvalue weighted by Gasteiger charge is -2.01. The van der Waals surface area contributed by atoms with Crippen molar-refractivity contribution < 1.29 is 0 Å². The maximum absolute atomic E-state index is 5.64. The molecule has 1 rings (SSSR count). The molecule has 1 aromatic rings. The van der Waals surface area contributed by atoms with Crippen molar-refractivity contribution in [3.05, 3.63) is 27.3 Å². The molecule has 0 fully saturated rings. The number of anilines is 1. The zero-order valence-corrected chi connectivity index (χ0v) is 8.34. The predicted octanol–water partition coefficient (Wildman–Crippen LogP) is 1.37. The fourth-order valence-corrected chi connectivity index (χ4v) is 1.75. The first-order valence-corrected chi connectivity index (χ1v) is 4.55. The third-order valence-electron chi connectivity index (χ3n) is 1.41. The first-order valence-electron chi connectivity index (χ1n) is 3.47. The van der Waals surface area contributed by atoms with Gasteiger partial charge >= 0.3 is 0 Å². The molecule has 0 aliphatic carbocycles. The summed E-state index contributed by atoms with van der Waals surface area (Å²) in [5.41, 5.74) is 13.1. The Labute approximate surface area is 80.1 Å². The molecule has 0 saturated heterocycles. The molecule has 0 aromatic heterocycles. The number of halogens is 1. The molecule has 0 heterocycles. The highest BCUT2D eigenvalue weighted by Gasteiger charge is 1.94. The Hall–Kier alpha value is -0.290. The van der Waals surface area contributed by atoms with Gasteiger partial charge < -0.3 is 11.5 Å². The normalized spacial score (nSPS) is 10.0. The highest BCUT2D eigenvalue weighted by atomic mass is 127. The number of rotatable bonds is 2. The maximum atomic E-state index is 5.64. The SMILES string of the molecule is NCCc1cc(N)cc(I)c1. The van der Waals surface area contributed by atoms with Gasteiger partial charge in [0, 0.05) is 9.26 Å². The van der Waals surface area contributed by atoms with Crippen molar-refractivity contribution >= 4 is 28.3 Å². The van der Waals surface area contributed by atoms with E-state index in [1.54, 1.807) is 0 Å². The fourth-order valence-electron chi connectivity index (χ4n) is 0.986. The maximum Gasteiger partial charge on any atom is 0.0327 e. The van der Waals surface area contributed by atoms with Crippen LogP contribution in [0.15, 0.2) is 18.2 Å². The average Bonchev–Trinajstić information content (AvgIpc) is 1.85. The van der Waals surface area contributed by atoms with Crippen LogP contribution in [0.5, 0.6) is 0 Å². The highest BCUT2D eigenvalue weighted by Crippen LogP contribution is 2.13. The van der Waals surface area contributed by atoms with E-state index in [1.165, 1.54) is 9.13 Å². The molecule has 0 spiro atoms. The van der Waals surface area contributed by atoms with Crippen LogP contribution >= 0.6 is 22.6 Å². The Morgan fingerprint density at radius 3 is 2.55 bits per heavy atom. The summed E-state index contributed by atoms with van der Waals surface area (Å²) in [6.07, 6.45) is 0.904. The van der Waals surface area contributed by atoms with Gasteiger partial charge in [-0.05, 0) is 59.3 Å². The van der Waals surface area contributed by atoms with E-state index in [4.69, 9.17) is 11.5 Å². The van der Waals surface area contributed by atoms with Crippen molar-refractivity contribution in [3.8, 4) is 0 Å². The van der Waals surface area contributed by atoms with E-state index in [1.807, 2.05) is 12.1 Å². The number of benzene rings is 1. The largest absolute Gasteiger partial charge is 0.399 e. The summed E-state index contributed by atoms with van der Waals surface area (Å²) in [7, 11) is 0. The zero-order valence-electron chi connectivity index (χ0n) is 6.18. The van der Waals surface area contributed by atoms with Gasteiger partial charge in [0.05, 0.1) is 0 Å². The van der Waals surface area contributed by atoms with E-state index in [0.29, 0.717) is 6.54 Å². The van der Waals surface area contributed by atoms with E-state index in [9.17, 15) is 0 Å². The zero-order chi connectivity index (χ0) is 8.27. The van der Waals surface area contributed by atoms with Gasteiger partial charge in [0.15, 0.2) is 0 Å². The quantitative estimate of drug-likeness (QED) is 0.624. The topological polar surface area (TPSA) is 52.0 Å². The van der Waals surface area contributed by atoms with Gasteiger partial charge in [0.25, 0.3) is 0 Å². The van der Waals surface area contributed by atoms with Gasteiger partial charge in [-0.15, -0.1) is 0 Å². The third-order valence-corrected chi connectivity index (χ3v) is 2.04. The molecule has 0 aliphatic rings. The van der Waals surface area contributed by atoms with Crippen molar-refractivity contribution in [2.45, 2.75) is 6.42 Å². The van der Waals surface area contributed by atoms with Crippen LogP contribution < -0.4 is 11.5 Å². The monoisotopic (exact) mass is 262 g/mol. The second-order valence-electron chi connectivity index (χ2n) is 2.43. The van der Waals surface area contributed by atoms with Crippen LogP contribution in [0, 0.1) is 3.57 Å². The molecule has 0 saturated carbocycles. The fraction of sp³-hybridized carbons (Fsp3) is 0.250. The van der Waals surface area contributed by atoms with E-state index in [-0.39, 0.29) is 0 Å². The summed E-state index contributed by atoms with van der Waals surface area (Å²) in [5.74, 6) is 0. The standard InChI is InChI=1S/C8H11IN2/c9-7-3-6(1-2-10)4-8(11)5-7/h3-5H,1-2,10-11H2. The summed E-state index contributed by atoms with van der Waals surface area (Å²) in [5, 5.41) is 0. The van der Waals surface area contributed by atoms with Gasteiger partial charge in [-0.2, -0.15) is 0 Å². The minimum atomic E-state index is 0.680. The first kappa shape index (κ1) is 8.80. The van der Waals surface area contributed by atoms with Gasteiger partial charge in [-0.1, -0.05) is 0 Å². The van der Waals surface area contributed by atoms with Gasteiger partial charge in [0.2, 0.25) is 0 Å². The number of nitrogen functional groups attached to an aromatic ring is 1. The van der Waals surface area contributed by atoms with Crippen LogP contribution in [-0.2, 0) is 6.42 Å². The van der Waals surface area contributed by atoms with Crippen LogP contribution in [0.4, 0.5) is 5.69 Å². The van der Waals surface area contributed by atoms with Crippen LogP contribution in [0.2, 0.25) is 0 Å². The summed E-state index contributed by atoms with van der Waals surface area (Å²) >= 11 is 2.25. The summed E-state index contributed by atoms with van der Waals surface area (Å²) in [6.45, 7) is 0.680. The molecular weight excluding hydrogens is 251 g/mol. The van der Waals surface area contributed by atoms with E-state index in [0.717, 1.165) is 12.1 Å². The molecule has 0 unspecified atom stereocenters. The molecule has 2 nitrogen and oxygen atoms in total. The minimum Gasteiger partial charge on any atom is -0.399 e. The molecule has 0 atom stereocenters. The molecular formula is C8H11IN2. The number of hydrogen-bond acceptors (Lipinski definition) is 2. The highest BCUT2D eigenvalue weighted by molar-refractivity contribution is 14.1. The average molecular weight is 262 g/mol. The van der Waals surface area contributed by atoms with Crippen LogP contribution in [0.1, 0.15) is 5.56 Å². The molecule has 4 N–H and O–H groups in total. The second-order valence-corrected chi connectivity index (χ2v) is 3.68. The van der Waals surface area contributed by atoms with Gasteiger partial charge in [0.1, 0.15) is 0 Å². The first-order chi connectivity index (χ1) is 5.22. The molecule has 60 valence electrons. The summed E-state index contributed by atoms with van der Waals surface area (Å²) in [4.78, 5) is 0.